The minimum atomic E-state index is -0.161. The van der Waals surface area contributed by atoms with Gasteiger partial charge in [0.15, 0.2) is 0 Å². The molecule has 3 N–H and O–H groups in total. The Morgan fingerprint density at radius 2 is 2.12 bits per heavy atom. The van der Waals surface area contributed by atoms with Gasteiger partial charge in [0.2, 0.25) is 0 Å². The van der Waals surface area contributed by atoms with Gasteiger partial charge < -0.3 is 16.0 Å². The van der Waals surface area contributed by atoms with Crippen molar-refractivity contribution in [2.75, 3.05) is 18.4 Å². The molecule has 1 aliphatic rings. The summed E-state index contributed by atoms with van der Waals surface area (Å²) in [5.41, 5.74) is 7.08. The lowest BCUT2D eigenvalue weighted by Gasteiger charge is -2.38. The molecule has 1 fully saturated rings. The van der Waals surface area contributed by atoms with Gasteiger partial charge in [-0.3, -0.25) is 9.59 Å². The van der Waals surface area contributed by atoms with Crippen molar-refractivity contribution in [2.24, 2.45) is 11.7 Å². The van der Waals surface area contributed by atoms with Gasteiger partial charge >= 0.3 is 0 Å². The maximum atomic E-state index is 12.9. The SMILES string of the molecule is CC1CCN(C(=O)c2cccc(NC(=O)c3cccs3)c2)C(CN)C1.Cl. The molecule has 2 amide bonds. The molecule has 3 rings (SSSR count). The lowest BCUT2D eigenvalue weighted by molar-refractivity contribution is 0.0573. The zero-order chi connectivity index (χ0) is 17.8. The molecule has 2 heterocycles. The highest BCUT2D eigenvalue weighted by atomic mass is 35.5. The molecule has 1 aromatic heterocycles. The third kappa shape index (κ3) is 4.63. The highest BCUT2D eigenvalue weighted by Crippen LogP contribution is 2.24. The van der Waals surface area contributed by atoms with Crippen LogP contribution in [0.15, 0.2) is 41.8 Å². The van der Waals surface area contributed by atoms with Crippen molar-refractivity contribution in [2.45, 2.75) is 25.8 Å². The summed E-state index contributed by atoms with van der Waals surface area (Å²) in [6.07, 6.45) is 1.94. The van der Waals surface area contributed by atoms with Crippen molar-refractivity contribution in [3.63, 3.8) is 0 Å². The fourth-order valence-electron chi connectivity index (χ4n) is 3.24. The van der Waals surface area contributed by atoms with E-state index in [1.54, 1.807) is 30.3 Å². The first-order valence-electron chi connectivity index (χ1n) is 8.54. The average molecular weight is 394 g/mol. The predicted molar refractivity (Wildman–Crippen MR) is 108 cm³/mol. The largest absolute Gasteiger partial charge is 0.334 e. The summed E-state index contributed by atoms with van der Waals surface area (Å²) < 4.78 is 0. The van der Waals surface area contributed by atoms with E-state index >= 15 is 0 Å². The van der Waals surface area contributed by atoms with Crippen LogP contribution < -0.4 is 11.1 Å². The van der Waals surface area contributed by atoms with Crippen LogP contribution in [-0.4, -0.2) is 35.8 Å². The number of amides is 2. The van der Waals surface area contributed by atoms with E-state index in [-0.39, 0.29) is 30.3 Å². The zero-order valence-electron chi connectivity index (χ0n) is 14.7. The number of likely N-dealkylation sites (tertiary alicyclic amines) is 1. The van der Waals surface area contributed by atoms with Crippen molar-refractivity contribution in [3.8, 4) is 0 Å². The second-order valence-corrected chi connectivity index (χ2v) is 7.48. The van der Waals surface area contributed by atoms with Crippen molar-refractivity contribution < 1.29 is 9.59 Å². The lowest BCUT2D eigenvalue weighted by Crippen LogP contribution is -2.49. The van der Waals surface area contributed by atoms with Crippen molar-refractivity contribution in [1.82, 2.24) is 4.90 Å². The van der Waals surface area contributed by atoms with Crippen LogP contribution in [0.2, 0.25) is 0 Å². The van der Waals surface area contributed by atoms with Gasteiger partial charge in [0.1, 0.15) is 0 Å². The van der Waals surface area contributed by atoms with Gasteiger partial charge in [0, 0.05) is 30.4 Å². The van der Waals surface area contributed by atoms with E-state index in [1.165, 1.54) is 11.3 Å². The highest BCUT2D eigenvalue weighted by Gasteiger charge is 2.29. The molecular formula is C19H24ClN3O2S. The molecule has 1 saturated heterocycles. The van der Waals surface area contributed by atoms with Crippen LogP contribution in [0.5, 0.6) is 0 Å². The predicted octanol–water partition coefficient (Wildman–Crippen LogP) is 3.62. The van der Waals surface area contributed by atoms with Crippen LogP contribution in [0.3, 0.4) is 0 Å². The summed E-state index contributed by atoms with van der Waals surface area (Å²) in [6.45, 7) is 3.41. The molecule has 0 spiro atoms. The zero-order valence-corrected chi connectivity index (χ0v) is 16.3. The summed E-state index contributed by atoms with van der Waals surface area (Å²) in [4.78, 5) is 27.6. The molecule has 0 bridgehead atoms. The molecule has 2 atom stereocenters. The number of piperidine rings is 1. The number of carbonyl (C=O) groups excluding carboxylic acids is 2. The molecule has 140 valence electrons. The van der Waals surface area contributed by atoms with Gasteiger partial charge in [-0.15, -0.1) is 23.7 Å². The fourth-order valence-corrected chi connectivity index (χ4v) is 3.86. The minimum Gasteiger partial charge on any atom is -0.334 e. The first-order chi connectivity index (χ1) is 12.1. The smallest absolute Gasteiger partial charge is 0.265 e. The normalized spacial score (nSPS) is 19.5. The quantitative estimate of drug-likeness (QED) is 0.832. The standard InChI is InChI=1S/C19H23N3O2S.ClH/c1-13-7-8-22(16(10-13)12-20)19(24)14-4-2-5-15(11-14)21-18(23)17-6-3-9-25-17;/h2-6,9,11,13,16H,7-8,10,12,20H2,1H3,(H,21,23);1H. The number of benzene rings is 1. The number of rotatable bonds is 4. The molecule has 0 aliphatic carbocycles. The summed E-state index contributed by atoms with van der Waals surface area (Å²) in [7, 11) is 0. The summed E-state index contributed by atoms with van der Waals surface area (Å²) in [6, 6.07) is 10.8. The van der Waals surface area contributed by atoms with E-state index in [2.05, 4.69) is 12.2 Å². The third-order valence-corrected chi connectivity index (χ3v) is 5.49. The molecule has 1 aromatic carbocycles. The summed E-state index contributed by atoms with van der Waals surface area (Å²) >= 11 is 1.39. The number of anilines is 1. The van der Waals surface area contributed by atoms with Crippen LogP contribution in [0.1, 0.15) is 39.8 Å². The number of nitrogens with two attached hydrogens (primary N) is 1. The van der Waals surface area contributed by atoms with Crippen LogP contribution in [0, 0.1) is 5.92 Å². The Balaban J connectivity index is 0.00000243. The number of thiophene rings is 1. The number of halogens is 1. The number of carbonyl (C=O) groups is 2. The first kappa shape index (κ1) is 20.4. The van der Waals surface area contributed by atoms with E-state index in [9.17, 15) is 9.59 Å². The maximum Gasteiger partial charge on any atom is 0.265 e. The fraction of sp³-hybridized carbons (Fsp3) is 0.368. The van der Waals surface area contributed by atoms with Crippen molar-refractivity contribution >= 4 is 41.2 Å². The Labute approximate surface area is 164 Å². The van der Waals surface area contributed by atoms with Gasteiger partial charge in [-0.05, 0) is 48.4 Å². The van der Waals surface area contributed by atoms with Gasteiger partial charge in [-0.2, -0.15) is 0 Å². The van der Waals surface area contributed by atoms with E-state index in [1.807, 2.05) is 16.3 Å². The summed E-state index contributed by atoms with van der Waals surface area (Å²) in [5, 5.41) is 4.71. The second-order valence-electron chi connectivity index (χ2n) is 6.53. The minimum absolute atomic E-state index is 0. The van der Waals surface area contributed by atoms with Crippen molar-refractivity contribution in [1.29, 1.82) is 0 Å². The van der Waals surface area contributed by atoms with E-state index in [0.29, 0.717) is 28.6 Å². The number of hydrogen-bond acceptors (Lipinski definition) is 4. The van der Waals surface area contributed by atoms with E-state index in [0.717, 1.165) is 19.4 Å². The molecule has 2 unspecified atom stereocenters. The molecule has 26 heavy (non-hydrogen) atoms. The highest BCUT2D eigenvalue weighted by molar-refractivity contribution is 7.12. The molecule has 5 nitrogen and oxygen atoms in total. The Hall–Kier alpha value is -1.89. The molecule has 0 saturated carbocycles. The van der Waals surface area contributed by atoms with Gasteiger partial charge in [0.25, 0.3) is 11.8 Å². The molecular weight excluding hydrogens is 370 g/mol. The Morgan fingerprint density at radius 3 is 2.81 bits per heavy atom. The van der Waals surface area contributed by atoms with Crippen LogP contribution >= 0.6 is 23.7 Å². The Morgan fingerprint density at radius 1 is 1.31 bits per heavy atom. The average Bonchev–Trinajstić information content (AvgIpc) is 3.16. The van der Waals surface area contributed by atoms with Gasteiger partial charge in [0.05, 0.1) is 4.88 Å². The van der Waals surface area contributed by atoms with Crippen molar-refractivity contribution in [3.05, 3.63) is 52.2 Å². The molecule has 7 heteroatoms. The lowest BCUT2D eigenvalue weighted by atomic mass is 9.92. The third-order valence-electron chi connectivity index (χ3n) is 4.62. The first-order valence-corrected chi connectivity index (χ1v) is 9.42. The molecule has 1 aliphatic heterocycles. The number of hydrogen-bond donors (Lipinski definition) is 2. The molecule has 0 radical (unpaired) electrons. The number of nitrogens with one attached hydrogen (secondary N) is 1. The Kier molecular flexibility index (Phi) is 7.20. The molecule has 2 aromatic rings. The number of nitrogens with zero attached hydrogens (tertiary/aromatic N) is 1. The van der Waals surface area contributed by atoms with E-state index in [4.69, 9.17) is 5.73 Å². The van der Waals surface area contributed by atoms with Gasteiger partial charge in [-0.1, -0.05) is 19.1 Å². The Bertz CT molecular complexity index is 751. The maximum absolute atomic E-state index is 12.9. The van der Waals surface area contributed by atoms with Crippen LogP contribution in [0.4, 0.5) is 5.69 Å². The monoisotopic (exact) mass is 393 g/mol. The van der Waals surface area contributed by atoms with Gasteiger partial charge in [-0.25, -0.2) is 0 Å². The second kappa shape index (κ2) is 9.16. The van der Waals surface area contributed by atoms with E-state index < -0.39 is 0 Å². The van der Waals surface area contributed by atoms with Crippen LogP contribution in [-0.2, 0) is 0 Å². The summed E-state index contributed by atoms with van der Waals surface area (Å²) in [5.74, 6) is 0.412. The topological polar surface area (TPSA) is 75.4 Å². The van der Waals surface area contributed by atoms with Crippen LogP contribution in [0.25, 0.3) is 0 Å².